The van der Waals surface area contributed by atoms with Gasteiger partial charge in [0.05, 0.1) is 5.41 Å². The highest BCUT2D eigenvalue weighted by Gasteiger charge is 2.39. The third kappa shape index (κ3) is 3.57. The first-order valence-corrected chi connectivity index (χ1v) is 6.30. The van der Waals surface area contributed by atoms with E-state index in [0.29, 0.717) is 6.54 Å². The molecule has 0 fully saturated rings. The molecule has 0 bridgehead atoms. The summed E-state index contributed by atoms with van der Waals surface area (Å²) in [4.78, 5) is 19.2. The number of nitrogens with two attached hydrogens (primary N) is 1. The predicted molar refractivity (Wildman–Crippen MR) is 72.0 cm³/mol. The van der Waals surface area contributed by atoms with E-state index in [0.717, 1.165) is 18.7 Å². The fourth-order valence-electron chi connectivity index (χ4n) is 1.41. The molecule has 0 aliphatic heterocycles. The van der Waals surface area contributed by atoms with Crippen LogP contribution in [-0.2, 0) is 11.2 Å². The summed E-state index contributed by atoms with van der Waals surface area (Å²) in [6.45, 7) is 8.12. The fourth-order valence-corrected chi connectivity index (χ4v) is 1.41. The maximum Gasteiger partial charge on any atom is 0.227 e. The van der Waals surface area contributed by atoms with Crippen molar-refractivity contribution >= 4 is 5.91 Å². The molecule has 102 valence electrons. The molecular weight excluding hydrogens is 228 g/mol. The Bertz CT molecular complexity index is 376. The molecule has 1 rings (SSSR count). The standard InChI is InChI=1S/C13H24N4O/c1-12(2,13(3,4)14)11(18)17-7-5-6-10-15-8-9-16-10/h8-9H,5-7,14H2,1-4H3,(H,15,16)(H,17,18). The van der Waals surface area contributed by atoms with Gasteiger partial charge < -0.3 is 16.0 Å². The Hall–Kier alpha value is -1.36. The molecule has 0 aliphatic rings. The summed E-state index contributed by atoms with van der Waals surface area (Å²) in [6, 6.07) is 0. The van der Waals surface area contributed by atoms with Crippen molar-refractivity contribution in [3.8, 4) is 0 Å². The second-order valence-electron chi connectivity index (χ2n) is 5.74. The SMILES string of the molecule is CC(C)(N)C(C)(C)C(=O)NCCCc1ncc[nH]1. The zero-order valence-corrected chi connectivity index (χ0v) is 11.7. The summed E-state index contributed by atoms with van der Waals surface area (Å²) in [7, 11) is 0. The summed E-state index contributed by atoms with van der Waals surface area (Å²) in [5.41, 5.74) is 4.89. The lowest BCUT2D eigenvalue weighted by Gasteiger charge is -2.36. The van der Waals surface area contributed by atoms with Gasteiger partial charge in [0, 0.05) is 30.9 Å². The van der Waals surface area contributed by atoms with Gasteiger partial charge in [0.15, 0.2) is 0 Å². The lowest BCUT2D eigenvalue weighted by molar-refractivity contribution is -0.132. The topological polar surface area (TPSA) is 83.8 Å². The third-order valence-electron chi connectivity index (χ3n) is 3.61. The Morgan fingerprint density at radius 2 is 2.11 bits per heavy atom. The fraction of sp³-hybridized carbons (Fsp3) is 0.692. The predicted octanol–water partition coefficient (Wildman–Crippen LogP) is 1.22. The summed E-state index contributed by atoms with van der Waals surface area (Å²) < 4.78 is 0. The molecule has 0 aromatic carbocycles. The van der Waals surface area contributed by atoms with Gasteiger partial charge in [-0.05, 0) is 34.1 Å². The highest BCUT2D eigenvalue weighted by Crippen LogP contribution is 2.28. The normalized spacial score (nSPS) is 12.5. The summed E-state index contributed by atoms with van der Waals surface area (Å²) in [5.74, 6) is 0.942. The van der Waals surface area contributed by atoms with Gasteiger partial charge in [-0.15, -0.1) is 0 Å². The molecule has 5 heteroatoms. The smallest absolute Gasteiger partial charge is 0.227 e. The number of aryl methyl sites for hydroxylation is 1. The van der Waals surface area contributed by atoms with Gasteiger partial charge in [-0.1, -0.05) is 0 Å². The number of rotatable bonds is 6. The molecule has 0 unspecified atom stereocenters. The minimum Gasteiger partial charge on any atom is -0.356 e. The minimum atomic E-state index is -0.586. The number of H-pyrrole nitrogens is 1. The Balaban J connectivity index is 2.33. The Morgan fingerprint density at radius 3 is 2.61 bits per heavy atom. The van der Waals surface area contributed by atoms with Crippen molar-refractivity contribution in [1.29, 1.82) is 0 Å². The van der Waals surface area contributed by atoms with Crippen molar-refractivity contribution in [3.63, 3.8) is 0 Å². The van der Waals surface area contributed by atoms with E-state index < -0.39 is 11.0 Å². The van der Waals surface area contributed by atoms with E-state index in [2.05, 4.69) is 15.3 Å². The van der Waals surface area contributed by atoms with E-state index in [4.69, 9.17) is 5.73 Å². The van der Waals surface area contributed by atoms with Crippen LogP contribution in [0, 0.1) is 5.41 Å². The van der Waals surface area contributed by atoms with E-state index in [1.165, 1.54) is 0 Å². The summed E-state index contributed by atoms with van der Waals surface area (Å²) in [5, 5.41) is 2.93. The van der Waals surface area contributed by atoms with Gasteiger partial charge in [0.25, 0.3) is 0 Å². The molecule has 18 heavy (non-hydrogen) atoms. The molecule has 0 spiro atoms. The highest BCUT2D eigenvalue weighted by molar-refractivity contribution is 5.83. The lowest BCUT2D eigenvalue weighted by atomic mass is 9.74. The van der Waals surface area contributed by atoms with Crippen LogP contribution < -0.4 is 11.1 Å². The van der Waals surface area contributed by atoms with Crippen LogP contribution in [0.25, 0.3) is 0 Å². The second kappa shape index (κ2) is 5.52. The lowest BCUT2D eigenvalue weighted by Crippen LogP contribution is -2.55. The van der Waals surface area contributed by atoms with Crippen LogP contribution >= 0.6 is 0 Å². The maximum absolute atomic E-state index is 12.1. The first-order chi connectivity index (χ1) is 8.25. The van der Waals surface area contributed by atoms with Gasteiger partial charge in [0.2, 0.25) is 5.91 Å². The van der Waals surface area contributed by atoms with Crippen LogP contribution in [0.4, 0.5) is 0 Å². The Morgan fingerprint density at radius 1 is 1.44 bits per heavy atom. The molecule has 0 radical (unpaired) electrons. The number of carbonyl (C=O) groups is 1. The van der Waals surface area contributed by atoms with Crippen molar-refractivity contribution in [2.24, 2.45) is 11.1 Å². The van der Waals surface area contributed by atoms with Crippen LogP contribution in [0.5, 0.6) is 0 Å². The average Bonchev–Trinajstić information content (AvgIpc) is 2.75. The number of carbonyl (C=O) groups excluding carboxylic acids is 1. The Labute approximate surface area is 109 Å². The zero-order valence-electron chi connectivity index (χ0n) is 11.7. The van der Waals surface area contributed by atoms with Gasteiger partial charge in [-0.3, -0.25) is 4.79 Å². The third-order valence-corrected chi connectivity index (χ3v) is 3.61. The molecule has 0 saturated heterocycles. The van der Waals surface area contributed by atoms with Crippen molar-refractivity contribution in [2.75, 3.05) is 6.54 Å². The number of hydrogen-bond acceptors (Lipinski definition) is 3. The van der Waals surface area contributed by atoms with Crippen molar-refractivity contribution < 1.29 is 4.79 Å². The van der Waals surface area contributed by atoms with Gasteiger partial charge in [-0.25, -0.2) is 4.98 Å². The molecule has 0 saturated carbocycles. The summed E-state index contributed by atoms with van der Waals surface area (Å²) >= 11 is 0. The summed E-state index contributed by atoms with van der Waals surface area (Å²) in [6.07, 6.45) is 5.22. The van der Waals surface area contributed by atoms with E-state index in [9.17, 15) is 4.79 Å². The molecule has 0 aliphatic carbocycles. The number of hydrogen-bond donors (Lipinski definition) is 3. The molecular formula is C13H24N4O. The first-order valence-electron chi connectivity index (χ1n) is 6.30. The van der Waals surface area contributed by atoms with E-state index in [1.54, 1.807) is 12.4 Å². The van der Waals surface area contributed by atoms with E-state index >= 15 is 0 Å². The monoisotopic (exact) mass is 252 g/mol. The van der Waals surface area contributed by atoms with Crippen molar-refractivity contribution in [1.82, 2.24) is 15.3 Å². The number of nitrogens with zero attached hydrogens (tertiary/aromatic N) is 1. The number of nitrogens with one attached hydrogen (secondary N) is 2. The van der Waals surface area contributed by atoms with Gasteiger partial charge in [-0.2, -0.15) is 0 Å². The molecule has 1 aromatic heterocycles. The maximum atomic E-state index is 12.1. The van der Waals surface area contributed by atoms with Gasteiger partial charge in [0.1, 0.15) is 5.82 Å². The minimum absolute atomic E-state index is 0.00514. The van der Waals surface area contributed by atoms with Crippen LogP contribution in [0.3, 0.4) is 0 Å². The largest absolute Gasteiger partial charge is 0.356 e. The quantitative estimate of drug-likeness (QED) is 0.666. The molecule has 1 amide bonds. The molecule has 4 N–H and O–H groups in total. The molecule has 1 aromatic rings. The van der Waals surface area contributed by atoms with Crippen LogP contribution in [0.1, 0.15) is 39.9 Å². The number of imidazole rings is 1. The van der Waals surface area contributed by atoms with Crippen molar-refractivity contribution in [3.05, 3.63) is 18.2 Å². The van der Waals surface area contributed by atoms with Crippen LogP contribution in [0.2, 0.25) is 0 Å². The zero-order chi connectivity index (χ0) is 13.8. The Kier molecular flexibility index (Phi) is 4.51. The van der Waals surface area contributed by atoms with E-state index in [-0.39, 0.29) is 5.91 Å². The molecule has 0 atom stereocenters. The number of aromatic amines is 1. The first kappa shape index (κ1) is 14.7. The molecule has 1 heterocycles. The molecule has 5 nitrogen and oxygen atoms in total. The second-order valence-corrected chi connectivity index (χ2v) is 5.74. The van der Waals surface area contributed by atoms with Crippen LogP contribution in [-0.4, -0.2) is 28.0 Å². The number of aromatic nitrogens is 2. The van der Waals surface area contributed by atoms with Crippen molar-refractivity contribution in [2.45, 2.75) is 46.1 Å². The van der Waals surface area contributed by atoms with Crippen LogP contribution in [0.15, 0.2) is 12.4 Å². The highest BCUT2D eigenvalue weighted by atomic mass is 16.2. The van der Waals surface area contributed by atoms with E-state index in [1.807, 2.05) is 27.7 Å². The average molecular weight is 252 g/mol. The number of amides is 1. The van der Waals surface area contributed by atoms with Gasteiger partial charge >= 0.3 is 0 Å².